The highest BCUT2D eigenvalue weighted by Crippen LogP contribution is 2.17. The van der Waals surface area contributed by atoms with Crippen molar-refractivity contribution in [2.75, 3.05) is 13.2 Å². The van der Waals surface area contributed by atoms with Crippen molar-refractivity contribution >= 4 is 21.7 Å². The Labute approximate surface area is 107 Å². The van der Waals surface area contributed by atoms with Crippen LogP contribution in [0.15, 0.2) is 22.7 Å². The van der Waals surface area contributed by atoms with E-state index in [-0.39, 0.29) is 24.4 Å². The molecule has 1 aliphatic rings. The highest BCUT2D eigenvalue weighted by molar-refractivity contribution is 9.10. The van der Waals surface area contributed by atoms with Gasteiger partial charge in [-0.15, -0.1) is 0 Å². The van der Waals surface area contributed by atoms with E-state index in [0.717, 1.165) is 4.47 Å². The summed E-state index contributed by atoms with van der Waals surface area (Å²) in [5.41, 5.74) is 0.391. The van der Waals surface area contributed by atoms with E-state index in [4.69, 9.17) is 9.47 Å². The van der Waals surface area contributed by atoms with Crippen molar-refractivity contribution in [3.05, 3.63) is 34.1 Å². The van der Waals surface area contributed by atoms with Crippen LogP contribution in [0.1, 0.15) is 12.0 Å². The maximum atomic E-state index is 13.4. The van der Waals surface area contributed by atoms with Gasteiger partial charge in [0.2, 0.25) is 0 Å². The molecule has 0 spiro atoms. The monoisotopic (exact) mass is 302 g/mol. The topological polar surface area (TPSA) is 35.5 Å². The van der Waals surface area contributed by atoms with Crippen LogP contribution in [-0.4, -0.2) is 25.3 Å². The van der Waals surface area contributed by atoms with E-state index < -0.39 is 6.29 Å². The normalized spacial score (nSPS) is 16.4. The highest BCUT2D eigenvalue weighted by atomic mass is 79.9. The van der Waals surface area contributed by atoms with Gasteiger partial charge in [-0.2, -0.15) is 0 Å². The molecule has 1 saturated heterocycles. The SMILES string of the molecule is O=C(Cc1cc(Br)ccc1F)CC1OCCO1. The number of benzene rings is 1. The molecule has 0 aromatic heterocycles. The molecule has 17 heavy (non-hydrogen) atoms. The van der Waals surface area contributed by atoms with Gasteiger partial charge in [0.05, 0.1) is 19.6 Å². The largest absolute Gasteiger partial charge is 0.350 e. The van der Waals surface area contributed by atoms with E-state index in [1.165, 1.54) is 6.07 Å². The molecule has 1 heterocycles. The van der Waals surface area contributed by atoms with Gasteiger partial charge in [0, 0.05) is 10.9 Å². The summed E-state index contributed by atoms with van der Waals surface area (Å²) in [6, 6.07) is 4.56. The van der Waals surface area contributed by atoms with Crippen molar-refractivity contribution in [1.29, 1.82) is 0 Å². The van der Waals surface area contributed by atoms with E-state index in [1.807, 2.05) is 0 Å². The summed E-state index contributed by atoms with van der Waals surface area (Å²) in [5.74, 6) is -0.455. The third-order valence-corrected chi connectivity index (χ3v) is 2.97. The van der Waals surface area contributed by atoms with Crippen molar-refractivity contribution in [1.82, 2.24) is 0 Å². The number of ether oxygens (including phenoxy) is 2. The number of halogens is 2. The number of hydrogen-bond donors (Lipinski definition) is 0. The van der Waals surface area contributed by atoms with E-state index in [0.29, 0.717) is 18.8 Å². The molecule has 0 saturated carbocycles. The molecule has 0 radical (unpaired) electrons. The Morgan fingerprint density at radius 3 is 2.82 bits per heavy atom. The lowest BCUT2D eigenvalue weighted by molar-refractivity contribution is -0.126. The summed E-state index contributed by atoms with van der Waals surface area (Å²) >= 11 is 3.25. The second-order valence-corrected chi connectivity index (χ2v) is 4.74. The lowest BCUT2D eigenvalue weighted by Gasteiger charge is -2.08. The molecule has 1 aromatic carbocycles. The maximum Gasteiger partial charge on any atom is 0.164 e. The molecular formula is C12H12BrFO3. The molecule has 0 unspecified atom stereocenters. The lowest BCUT2D eigenvalue weighted by Crippen LogP contribution is -2.16. The number of Topliss-reactive ketones (excluding diaryl/α,β-unsaturated/α-hetero) is 1. The summed E-state index contributed by atoms with van der Waals surface area (Å²) < 4.78 is 24.5. The molecule has 0 aliphatic carbocycles. The van der Waals surface area contributed by atoms with Crippen molar-refractivity contribution in [3.8, 4) is 0 Å². The number of rotatable bonds is 4. The smallest absolute Gasteiger partial charge is 0.164 e. The van der Waals surface area contributed by atoms with Crippen LogP contribution in [0.2, 0.25) is 0 Å². The second kappa shape index (κ2) is 5.71. The summed E-state index contributed by atoms with van der Waals surface area (Å²) in [7, 11) is 0. The maximum absolute atomic E-state index is 13.4. The van der Waals surface area contributed by atoms with Crippen LogP contribution in [-0.2, 0) is 20.7 Å². The molecule has 0 N–H and O–H groups in total. The second-order valence-electron chi connectivity index (χ2n) is 3.83. The van der Waals surface area contributed by atoms with Gasteiger partial charge in [-0.1, -0.05) is 15.9 Å². The molecular weight excluding hydrogens is 291 g/mol. The predicted octanol–water partition coefficient (Wildman–Crippen LogP) is 2.46. The number of carbonyl (C=O) groups is 1. The molecule has 2 rings (SSSR count). The Hall–Kier alpha value is -0.780. The first-order valence-electron chi connectivity index (χ1n) is 5.34. The van der Waals surface area contributed by atoms with Crippen molar-refractivity contribution in [3.63, 3.8) is 0 Å². The minimum absolute atomic E-state index is 0.0640. The number of hydrogen-bond acceptors (Lipinski definition) is 3. The van der Waals surface area contributed by atoms with Gasteiger partial charge in [0.1, 0.15) is 11.6 Å². The Morgan fingerprint density at radius 2 is 2.12 bits per heavy atom. The fraction of sp³-hybridized carbons (Fsp3) is 0.417. The van der Waals surface area contributed by atoms with Gasteiger partial charge in [0.15, 0.2) is 6.29 Å². The van der Waals surface area contributed by atoms with Gasteiger partial charge in [-0.05, 0) is 23.8 Å². The van der Waals surface area contributed by atoms with E-state index in [1.54, 1.807) is 12.1 Å². The molecule has 0 atom stereocenters. The fourth-order valence-corrected chi connectivity index (χ4v) is 2.08. The van der Waals surface area contributed by atoms with E-state index >= 15 is 0 Å². The Kier molecular flexibility index (Phi) is 4.25. The van der Waals surface area contributed by atoms with Crippen LogP contribution in [0.5, 0.6) is 0 Å². The van der Waals surface area contributed by atoms with E-state index in [2.05, 4.69) is 15.9 Å². The lowest BCUT2D eigenvalue weighted by atomic mass is 10.1. The average molecular weight is 303 g/mol. The van der Waals surface area contributed by atoms with Crippen LogP contribution in [0.3, 0.4) is 0 Å². The Morgan fingerprint density at radius 1 is 1.41 bits per heavy atom. The van der Waals surface area contributed by atoms with Crippen molar-refractivity contribution in [2.24, 2.45) is 0 Å². The molecule has 1 fully saturated rings. The Balaban J connectivity index is 1.95. The van der Waals surface area contributed by atoms with Crippen LogP contribution in [0.25, 0.3) is 0 Å². The minimum Gasteiger partial charge on any atom is -0.350 e. The van der Waals surface area contributed by atoms with Crippen LogP contribution in [0.4, 0.5) is 4.39 Å². The first-order chi connectivity index (χ1) is 8.15. The van der Waals surface area contributed by atoms with Crippen LogP contribution in [0, 0.1) is 5.82 Å². The van der Waals surface area contributed by atoms with Crippen molar-refractivity contribution < 1.29 is 18.7 Å². The minimum atomic E-state index is -0.460. The summed E-state index contributed by atoms with van der Waals surface area (Å²) in [6.07, 6.45) is -0.224. The van der Waals surface area contributed by atoms with Crippen LogP contribution >= 0.6 is 15.9 Å². The quantitative estimate of drug-likeness (QED) is 0.857. The molecule has 5 heteroatoms. The zero-order valence-corrected chi connectivity index (χ0v) is 10.7. The molecule has 0 bridgehead atoms. The third-order valence-electron chi connectivity index (χ3n) is 2.48. The highest BCUT2D eigenvalue weighted by Gasteiger charge is 2.20. The van der Waals surface area contributed by atoms with E-state index in [9.17, 15) is 9.18 Å². The molecule has 1 aliphatic heterocycles. The summed E-state index contributed by atoms with van der Waals surface area (Å²) in [6.45, 7) is 1.03. The van der Waals surface area contributed by atoms with Crippen molar-refractivity contribution in [2.45, 2.75) is 19.1 Å². The van der Waals surface area contributed by atoms with Gasteiger partial charge < -0.3 is 9.47 Å². The first kappa shape index (κ1) is 12.7. The number of carbonyl (C=O) groups excluding carboxylic acids is 1. The third kappa shape index (κ3) is 3.59. The molecule has 92 valence electrons. The zero-order chi connectivity index (χ0) is 12.3. The van der Waals surface area contributed by atoms with Crippen LogP contribution < -0.4 is 0 Å². The standard InChI is InChI=1S/C12H12BrFO3/c13-9-1-2-11(14)8(5-9)6-10(15)7-12-16-3-4-17-12/h1-2,5,12H,3-4,6-7H2. The molecule has 1 aromatic rings. The Bertz CT molecular complexity index is 416. The van der Waals surface area contributed by atoms with Gasteiger partial charge in [-0.3, -0.25) is 4.79 Å². The number of ketones is 1. The fourth-order valence-electron chi connectivity index (χ4n) is 1.67. The first-order valence-corrected chi connectivity index (χ1v) is 6.13. The summed E-state index contributed by atoms with van der Waals surface area (Å²) in [4.78, 5) is 11.7. The molecule has 0 amide bonds. The molecule has 3 nitrogen and oxygen atoms in total. The predicted molar refractivity (Wildman–Crippen MR) is 63.1 cm³/mol. The van der Waals surface area contributed by atoms with Gasteiger partial charge >= 0.3 is 0 Å². The zero-order valence-electron chi connectivity index (χ0n) is 9.12. The van der Waals surface area contributed by atoms with Gasteiger partial charge in [-0.25, -0.2) is 4.39 Å². The average Bonchev–Trinajstić information content (AvgIpc) is 2.76. The van der Waals surface area contributed by atoms with Gasteiger partial charge in [0.25, 0.3) is 0 Å². The summed E-state index contributed by atoms with van der Waals surface area (Å²) in [5, 5.41) is 0.